The zero-order chi connectivity index (χ0) is 11.1. The summed E-state index contributed by atoms with van der Waals surface area (Å²) >= 11 is 0. The van der Waals surface area contributed by atoms with Crippen LogP contribution in [0.1, 0.15) is 6.42 Å². The van der Waals surface area contributed by atoms with E-state index in [9.17, 15) is 9.90 Å². The first kappa shape index (κ1) is 9.21. The second-order valence-corrected chi connectivity index (χ2v) is 3.92. The highest BCUT2D eigenvalue weighted by Gasteiger charge is 2.25. The summed E-state index contributed by atoms with van der Waals surface area (Å²) in [5, 5.41) is 11.1. The van der Waals surface area contributed by atoms with E-state index in [1.54, 1.807) is 24.5 Å². The van der Waals surface area contributed by atoms with E-state index < -0.39 is 0 Å². The minimum atomic E-state index is -0.296. The fourth-order valence-electron chi connectivity index (χ4n) is 2.11. The molecule has 0 spiro atoms. The fourth-order valence-corrected chi connectivity index (χ4v) is 2.11. The topological polar surface area (TPSA) is 46.5 Å². The third-order valence-electron chi connectivity index (χ3n) is 2.87. The van der Waals surface area contributed by atoms with Crippen LogP contribution < -0.4 is 10.4 Å². The molecule has 1 unspecified atom stereocenters. The van der Waals surface area contributed by atoms with Crippen LogP contribution in [0.3, 0.4) is 0 Å². The summed E-state index contributed by atoms with van der Waals surface area (Å²) in [4.78, 5) is 11.8. The van der Waals surface area contributed by atoms with Gasteiger partial charge in [-0.25, -0.2) is 0 Å². The predicted octanol–water partition coefficient (Wildman–Crippen LogP) is 0.209. The van der Waals surface area contributed by atoms with Crippen molar-refractivity contribution in [1.82, 2.24) is 0 Å². The molecule has 0 saturated carbocycles. The van der Waals surface area contributed by atoms with Gasteiger partial charge in [0.05, 0.1) is 6.26 Å². The zero-order valence-corrected chi connectivity index (χ0v) is 8.51. The first-order chi connectivity index (χ1) is 7.75. The van der Waals surface area contributed by atoms with Crippen molar-refractivity contribution in [2.75, 3.05) is 0 Å². The Labute approximate surface area is 92.0 Å². The predicted molar refractivity (Wildman–Crippen MR) is 58.9 cm³/mol. The second kappa shape index (κ2) is 3.23. The monoisotopic (exact) mass is 214 g/mol. The Morgan fingerprint density at radius 1 is 1.38 bits per heavy atom. The van der Waals surface area contributed by atoms with Crippen molar-refractivity contribution in [3.63, 3.8) is 0 Å². The molecule has 80 valence electrons. The van der Waals surface area contributed by atoms with Crippen LogP contribution in [0.2, 0.25) is 0 Å². The van der Waals surface area contributed by atoms with E-state index >= 15 is 0 Å². The lowest BCUT2D eigenvalue weighted by molar-refractivity contribution is -0.113. The lowest BCUT2D eigenvalue weighted by Crippen LogP contribution is -2.39. The van der Waals surface area contributed by atoms with Crippen LogP contribution >= 0.6 is 0 Å². The van der Waals surface area contributed by atoms with Gasteiger partial charge < -0.3 is 9.84 Å². The molecule has 1 heterocycles. The first-order valence-corrected chi connectivity index (χ1v) is 5.14. The maximum atomic E-state index is 11.8. The molecule has 0 radical (unpaired) electrons. The molecule has 3 nitrogen and oxygen atoms in total. The zero-order valence-electron chi connectivity index (χ0n) is 8.51. The Hall–Kier alpha value is -2.03. The van der Waals surface area contributed by atoms with Crippen LogP contribution in [0.25, 0.3) is 11.8 Å². The molecule has 1 N–H and O–H groups in total. The molecule has 0 fully saturated rings. The smallest absolute Gasteiger partial charge is 0.167 e. The Kier molecular flexibility index (Phi) is 1.86. The standard InChI is InChI=1S/C13H10O3/c14-9-5-4-8-7-16-12-3-1-2-11(15)13(12)10(8)6-9/h1,3-7,12,14H,2H2. The molecule has 1 aromatic rings. The van der Waals surface area contributed by atoms with Crippen molar-refractivity contribution in [2.24, 2.45) is 0 Å². The highest BCUT2D eigenvalue weighted by molar-refractivity contribution is 6.18. The largest absolute Gasteiger partial charge is 0.508 e. The van der Waals surface area contributed by atoms with E-state index in [1.165, 1.54) is 0 Å². The number of rotatable bonds is 0. The Morgan fingerprint density at radius 3 is 3.12 bits per heavy atom. The Bertz CT molecular complexity index is 611. The third kappa shape index (κ3) is 1.25. The van der Waals surface area contributed by atoms with Gasteiger partial charge in [0.15, 0.2) is 5.78 Å². The van der Waals surface area contributed by atoms with E-state index in [1.807, 2.05) is 12.2 Å². The van der Waals surface area contributed by atoms with Gasteiger partial charge in [0.2, 0.25) is 0 Å². The average molecular weight is 214 g/mol. The van der Waals surface area contributed by atoms with Crippen LogP contribution in [0, 0.1) is 0 Å². The number of carbonyl (C=O) groups excluding carboxylic acids is 1. The summed E-state index contributed by atoms with van der Waals surface area (Å²) in [6.07, 6.45) is 5.43. The number of hydrogen-bond donors (Lipinski definition) is 1. The summed E-state index contributed by atoms with van der Waals surface area (Å²) in [7, 11) is 0. The maximum Gasteiger partial charge on any atom is 0.167 e. The van der Waals surface area contributed by atoms with Gasteiger partial charge in [-0.05, 0) is 29.5 Å². The van der Waals surface area contributed by atoms with Gasteiger partial charge in [0, 0.05) is 17.2 Å². The fraction of sp³-hybridized carbons (Fsp3) is 0.154. The van der Waals surface area contributed by atoms with Crippen molar-refractivity contribution >= 4 is 17.6 Å². The van der Waals surface area contributed by atoms with Gasteiger partial charge in [-0.3, -0.25) is 4.79 Å². The van der Waals surface area contributed by atoms with Gasteiger partial charge in [0.1, 0.15) is 11.9 Å². The summed E-state index contributed by atoms with van der Waals surface area (Å²) in [5.41, 5.74) is 0.649. The number of Topliss-reactive ketones (excluding diaryl/α,β-unsaturated/α-hetero) is 1. The van der Waals surface area contributed by atoms with Gasteiger partial charge in [-0.1, -0.05) is 6.08 Å². The van der Waals surface area contributed by atoms with Gasteiger partial charge in [0.25, 0.3) is 0 Å². The highest BCUT2D eigenvalue weighted by Crippen LogP contribution is 2.19. The first-order valence-electron chi connectivity index (χ1n) is 5.14. The van der Waals surface area contributed by atoms with Crippen LogP contribution in [-0.4, -0.2) is 17.0 Å². The molecule has 1 aromatic carbocycles. The molecule has 3 rings (SSSR count). The van der Waals surface area contributed by atoms with Crippen molar-refractivity contribution in [1.29, 1.82) is 0 Å². The summed E-state index contributed by atoms with van der Waals surface area (Å²) in [5.74, 6) is 0.232. The molecule has 2 aliphatic rings. The highest BCUT2D eigenvalue weighted by atomic mass is 16.5. The number of phenolic OH excluding ortho intramolecular Hbond substituents is 1. The molecule has 1 atom stereocenters. The van der Waals surface area contributed by atoms with Crippen molar-refractivity contribution < 1.29 is 14.6 Å². The number of benzene rings is 1. The Morgan fingerprint density at radius 2 is 2.25 bits per heavy atom. The second-order valence-electron chi connectivity index (χ2n) is 3.92. The van der Waals surface area contributed by atoms with Gasteiger partial charge in [-0.15, -0.1) is 0 Å². The molecule has 0 aromatic heterocycles. The van der Waals surface area contributed by atoms with Crippen LogP contribution in [-0.2, 0) is 9.53 Å². The number of fused-ring (bicyclic) bond motifs is 2. The Balaban J connectivity index is 2.41. The van der Waals surface area contributed by atoms with Crippen LogP contribution in [0.15, 0.2) is 30.4 Å². The molecule has 1 aliphatic heterocycles. The van der Waals surface area contributed by atoms with Gasteiger partial charge in [-0.2, -0.15) is 0 Å². The summed E-state index contributed by atoms with van der Waals surface area (Å²) in [6.45, 7) is 0. The van der Waals surface area contributed by atoms with E-state index in [2.05, 4.69) is 0 Å². The molecule has 1 aliphatic carbocycles. The van der Waals surface area contributed by atoms with Crippen molar-refractivity contribution in [3.8, 4) is 5.75 Å². The number of carbonyl (C=O) groups is 1. The minimum Gasteiger partial charge on any atom is -0.508 e. The third-order valence-corrected chi connectivity index (χ3v) is 2.87. The molecule has 0 saturated heterocycles. The number of ketones is 1. The van der Waals surface area contributed by atoms with Crippen LogP contribution in [0.4, 0.5) is 0 Å². The molecule has 16 heavy (non-hydrogen) atoms. The summed E-state index contributed by atoms with van der Waals surface area (Å²) in [6, 6.07) is 4.95. The minimum absolute atomic E-state index is 0.0625. The molecular weight excluding hydrogens is 204 g/mol. The lowest BCUT2D eigenvalue weighted by Gasteiger charge is -2.22. The number of aromatic hydroxyl groups is 1. The van der Waals surface area contributed by atoms with Gasteiger partial charge >= 0.3 is 0 Å². The molecule has 0 amide bonds. The van der Waals surface area contributed by atoms with E-state index in [4.69, 9.17) is 4.74 Å². The normalized spacial score (nSPS) is 21.9. The SMILES string of the molecule is O=C1CC=CC2OC=c3ccc(O)cc3=C12. The van der Waals surface area contributed by atoms with Crippen LogP contribution in [0.5, 0.6) is 5.75 Å². The number of allylic oxidation sites excluding steroid dienone is 1. The molecular formula is C13H10O3. The summed E-state index contributed by atoms with van der Waals surface area (Å²) < 4.78 is 5.47. The van der Waals surface area contributed by atoms with E-state index in [-0.39, 0.29) is 17.6 Å². The van der Waals surface area contributed by atoms with Crippen molar-refractivity contribution in [2.45, 2.75) is 12.5 Å². The average Bonchev–Trinajstić information content (AvgIpc) is 2.28. The molecule has 0 bridgehead atoms. The van der Waals surface area contributed by atoms with E-state index in [0.29, 0.717) is 12.0 Å². The number of phenols is 1. The van der Waals surface area contributed by atoms with E-state index in [0.717, 1.165) is 10.4 Å². The number of ether oxygens (including phenoxy) is 1. The lowest BCUT2D eigenvalue weighted by atomic mass is 9.93. The van der Waals surface area contributed by atoms with Crippen molar-refractivity contribution in [3.05, 3.63) is 40.8 Å². The maximum absolute atomic E-state index is 11.8. The molecule has 3 heteroatoms. The quantitative estimate of drug-likeness (QED) is 0.628. The number of hydrogen-bond acceptors (Lipinski definition) is 3.